The van der Waals surface area contributed by atoms with Crippen molar-refractivity contribution in [1.82, 2.24) is 15.5 Å². The lowest BCUT2D eigenvalue weighted by Gasteiger charge is -2.15. The maximum atomic E-state index is 5.34. The van der Waals surface area contributed by atoms with E-state index in [1.807, 2.05) is 18.2 Å². The van der Waals surface area contributed by atoms with E-state index in [1.54, 1.807) is 21.3 Å². The molecular weight excluding hydrogens is 316 g/mol. The number of guanidine groups is 1. The molecule has 2 rings (SSSR count). The first kappa shape index (κ1) is 19.4. The summed E-state index contributed by atoms with van der Waals surface area (Å²) in [4.78, 5) is 6.84. The molecular formula is C19H32N4O2. The van der Waals surface area contributed by atoms with Crippen molar-refractivity contribution in [2.45, 2.75) is 32.2 Å². The van der Waals surface area contributed by atoms with Crippen molar-refractivity contribution < 1.29 is 9.47 Å². The van der Waals surface area contributed by atoms with Crippen molar-refractivity contribution in [2.75, 3.05) is 47.4 Å². The quantitative estimate of drug-likeness (QED) is 0.407. The molecule has 1 aromatic rings. The van der Waals surface area contributed by atoms with Crippen LogP contribution >= 0.6 is 0 Å². The van der Waals surface area contributed by atoms with E-state index in [2.05, 4.69) is 20.5 Å². The van der Waals surface area contributed by atoms with Crippen molar-refractivity contribution in [3.8, 4) is 11.5 Å². The number of aliphatic imine (C=N–C) groups is 1. The highest BCUT2D eigenvalue weighted by Gasteiger charge is 2.10. The molecule has 0 atom stereocenters. The van der Waals surface area contributed by atoms with E-state index in [0.29, 0.717) is 6.54 Å². The number of likely N-dealkylation sites (tertiary alicyclic amines) is 1. The molecule has 0 aliphatic carbocycles. The second kappa shape index (κ2) is 10.8. The number of unbranched alkanes of at least 4 members (excludes halogenated alkanes) is 1. The summed E-state index contributed by atoms with van der Waals surface area (Å²) in [6, 6.07) is 5.93. The molecule has 1 fully saturated rings. The Kier molecular flexibility index (Phi) is 8.39. The lowest BCUT2D eigenvalue weighted by Crippen LogP contribution is -2.37. The first-order valence-electron chi connectivity index (χ1n) is 9.14. The van der Waals surface area contributed by atoms with Gasteiger partial charge in [0.05, 0.1) is 14.2 Å². The minimum atomic E-state index is 0.688. The molecule has 0 radical (unpaired) electrons. The number of nitrogens with zero attached hydrogens (tertiary/aromatic N) is 2. The maximum Gasteiger partial charge on any atom is 0.191 e. The van der Waals surface area contributed by atoms with Crippen molar-refractivity contribution >= 4 is 5.96 Å². The molecule has 1 heterocycles. The van der Waals surface area contributed by atoms with Crippen LogP contribution < -0.4 is 20.1 Å². The zero-order valence-corrected chi connectivity index (χ0v) is 15.8. The van der Waals surface area contributed by atoms with Gasteiger partial charge in [-0.05, 0) is 63.0 Å². The van der Waals surface area contributed by atoms with E-state index in [-0.39, 0.29) is 0 Å². The summed E-state index contributed by atoms with van der Waals surface area (Å²) in [5.41, 5.74) is 1.12. The summed E-state index contributed by atoms with van der Waals surface area (Å²) in [6.07, 6.45) is 5.13. The van der Waals surface area contributed by atoms with Crippen LogP contribution in [0, 0.1) is 0 Å². The molecule has 140 valence electrons. The molecule has 0 bridgehead atoms. The van der Waals surface area contributed by atoms with Gasteiger partial charge in [0.25, 0.3) is 0 Å². The fraction of sp³-hybridized carbons (Fsp3) is 0.632. The summed E-state index contributed by atoms with van der Waals surface area (Å²) >= 11 is 0. The van der Waals surface area contributed by atoms with Crippen LogP contribution in [0.2, 0.25) is 0 Å². The van der Waals surface area contributed by atoms with Gasteiger partial charge in [-0.1, -0.05) is 6.07 Å². The normalized spacial score (nSPS) is 15.2. The minimum Gasteiger partial charge on any atom is -0.493 e. The Balaban J connectivity index is 1.67. The maximum absolute atomic E-state index is 5.34. The first-order valence-corrected chi connectivity index (χ1v) is 9.14. The van der Waals surface area contributed by atoms with Crippen LogP contribution in [0.15, 0.2) is 23.2 Å². The lowest BCUT2D eigenvalue weighted by atomic mass is 10.2. The summed E-state index contributed by atoms with van der Waals surface area (Å²) in [5, 5.41) is 6.72. The number of ether oxygens (including phenoxy) is 2. The van der Waals surface area contributed by atoms with Gasteiger partial charge in [0.2, 0.25) is 0 Å². The number of benzene rings is 1. The zero-order valence-electron chi connectivity index (χ0n) is 15.8. The Morgan fingerprint density at radius 3 is 2.52 bits per heavy atom. The molecule has 1 aliphatic heterocycles. The van der Waals surface area contributed by atoms with Gasteiger partial charge in [-0.25, -0.2) is 0 Å². The third-order valence-electron chi connectivity index (χ3n) is 4.52. The standard InChI is InChI=1S/C19H32N4O2/c1-20-19(21-10-4-5-11-23-12-6-7-13-23)22-15-16-8-9-17(24-2)18(14-16)25-3/h8-9,14H,4-7,10-13,15H2,1-3H3,(H2,20,21,22). The van der Waals surface area contributed by atoms with Crippen LogP contribution in [0.5, 0.6) is 11.5 Å². The number of methoxy groups -OCH3 is 2. The molecule has 25 heavy (non-hydrogen) atoms. The van der Waals surface area contributed by atoms with Crippen LogP contribution in [0.1, 0.15) is 31.2 Å². The molecule has 6 heteroatoms. The minimum absolute atomic E-state index is 0.688. The third kappa shape index (κ3) is 6.46. The van der Waals surface area contributed by atoms with Crippen molar-refractivity contribution in [3.05, 3.63) is 23.8 Å². The Morgan fingerprint density at radius 2 is 1.84 bits per heavy atom. The van der Waals surface area contributed by atoms with Gasteiger partial charge < -0.3 is 25.0 Å². The topological polar surface area (TPSA) is 58.1 Å². The Hall–Kier alpha value is -1.95. The van der Waals surface area contributed by atoms with Crippen LogP contribution in [0.25, 0.3) is 0 Å². The fourth-order valence-electron chi connectivity index (χ4n) is 3.07. The van der Waals surface area contributed by atoms with Crippen LogP contribution in [0.4, 0.5) is 0 Å². The molecule has 1 aromatic carbocycles. The smallest absolute Gasteiger partial charge is 0.191 e. The number of rotatable bonds is 9. The van der Waals surface area contributed by atoms with E-state index in [4.69, 9.17) is 9.47 Å². The summed E-state index contributed by atoms with van der Waals surface area (Å²) in [6.45, 7) is 5.41. The van der Waals surface area contributed by atoms with E-state index in [9.17, 15) is 0 Å². The molecule has 1 aliphatic rings. The van der Waals surface area contributed by atoms with E-state index in [1.165, 1.54) is 38.9 Å². The Bertz CT molecular complexity index is 542. The SMILES string of the molecule is CN=C(NCCCCN1CCCC1)NCc1ccc(OC)c(OC)c1. The van der Waals surface area contributed by atoms with Crippen molar-refractivity contribution in [3.63, 3.8) is 0 Å². The average molecular weight is 348 g/mol. The second-order valence-electron chi connectivity index (χ2n) is 6.30. The molecule has 1 saturated heterocycles. The zero-order chi connectivity index (χ0) is 17.9. The summed E-state index contributed by atoms with van der Waals surface area (Å²) in [5.74, 6) is 2.31. The highest BCUT2D eigenvalue weighted by molar-refractivity contribution is 5.79. The Labute approximate surface area is 151 Å². The van der Waals surface area contributed by atoms with Crippen LogP contribution in [-0.4, -0.2) is 58.3 Å². The van der Waals surface area contributed by atoms with Gasteiger partial charge >= 0.3 is 0 Å². The van der Waals surface area contributed by atoms with Gasteiger partial charge in [-0.15, -0.1) is 0 Å². The molecule has 0 unspecified atom stereocenters. The van der Waals surface area contributed by atoms with Crippen LogP contribution in [-0.2, 0) is 6.54 Å². The first-order chi connectivity index (χ1) is 12.3. The van der Waals surface area contributed by atoms with Crippen molar-refractivity contribution in [2.24, 2.45) is 4.99 Å². The van der Waals surface area contributed by atoms with Gasteiger partial charge in [0, 0.05) is 20.1 Å². The van der Waals surface area contributed by atoms with E-state index < -0.39 is 0 Å². The highest BCUT2D eigenvalue weighted by Crippen LogP contribution is 2.27. The lowest BCUT2D eigenvalue weighted by molar-refractivity contribution is 0.330. The molecule has 6 nitrogen and oxygen atoms in total. The summed E-state index contributed by atoms with van der Waals surface area (Å²) in [7, 11) is 5.09. The van der Waals surface area contributed by atoms with Crippen LogP contribution in [0.3, 0.4) is 0 Å². The highest BCUT2D eigenvalue weighted by atomic mass is 16.5. The number of nitrogens with one attached hydrogen (secondary N) is 2. The molecule has 0 saturated carbocycles. The average Bonchev–Trinajstić information content (AvgIpc) is 3.17. The third-order valence-corrected chi connectivity index (χ3v) is 4.52. The van der Waals surface area contributed by atoms with Gasteiger partial charge in [-0.2, -0.15) is 0 Å². The largest absolute Gasteiger partial charge is 0.493 e. The monoisotopic (exact) mass is 348 g/mol. The predicted molar refractivity (Wildman–Crippen MR) is 103 cm³/mol. The van der Waals surface area contributed by atoms with Gasteiger partial charge in [0.1, 0.15) is 0 Å². The predicted octanol–water partition coefficient (Wildman–Crippen LogP) is 2.24. The fourth-order valence-corrected chi connectivity index (χ4v) is 3.07. The van der Waals surface area contributed by atoms with E-state index >= 15 is 0 Å². The van der Waals surface area contributed by atoms with Gasteiger partial charge in [-0.3, -0.25) is 4.99 Å². The Morgan fingerprint density at radius 1 is 1.08 bits per heavy atom. The number of hydrogen-bond acceptors (Lipinski definition) is 4. The molecule has 0 spiro atoms. The molecule has 0 amide bonds. The number of hydrogen-bond donors (Lipinski definition) is 2. The van der Waals surface area contributed by atoms with Crippen molar-refractivity contribution in [1.29, 1.82) is 0 Å². The summed E-state index contributed by atoms with van der Waals surface area (Å²) < 4.78 is 10.6. The molecule has 0 aromatic heterocycles. The van der Waals surface area contributed by atoms with Gasteiger partial charge in [0.15, 0.2) is 17.5 Å². The second-order valence-corrected chi connectivity index (χ2v) is 6.30. The van der Waals surface area contributed by atoms with E-state index in [0.717, 1.165) is 36.0 Å². The molecule has 2 N–H and O–H groups in total.